The zero-order chi connectivity index (χ0) is 15.9. The van der Waals surface area contributed by atoms with E-state index in [1.807, 2.05) is 0 Å². The lowest BCUT2D eigenvalue weighted by Gasteiger charge is -2.14. The molecule has 0 atom stereocenters. The molecule has 2 heterocycles. The van der Waals surface area contributed by atoms with Crippen LogP contribution in [0.2, 0.25) is 5.02 Å². The Morgan fingerprint density at radius 2 is 1.91 bits per heavy atom. The molecule has 1 fully saturated rings. The predicted molar refractivity (Wildman–Crippen MR) is 75.6 cm³/mol. The molecule has 2 N–H and O–H groups in total. The summed E-state index contributed by atoms with van der Waals surface area (Å²) < 4.78 is 5.25. The van der Waals surface area contributed by atoms with Gasteiger partial charge in [-0.1, -0.05) is 11.6 Å². The number of hydrogen-bond acceptors (Lipinski definition) is 5. The fraction of sp³-hybridized carbons (Fsp3) is 0.143. The summed E-state index contributed by atoms with van der Waals surface area (Å²) in [5, 5.41) is 9.42. The number of fused-ring (bicyclic) bond motifs is 1. The van der Waals surface area contributed by atoms with Crippen LogP contribution in [0.25, 0.3) is 11.0 Å². The van der Waals surface area contributed by atoms with Crippen LogP contribution in [0.1, 0.15) is 23.2 Å². The van der Waals surface area contributed by atoms with Crippen molar-refractivity contribution < 1.29 is 18.8 Å². The highest BCUT2D eigenvalue weighted by Gasteiger charge is 2.31. The van der Waals surface area contributed by atoms with Crippen molar-refractivity contribution in [2.45, 2.75) is 12.8 Å². The Balaban J connectivity index is 1.97. The highest BCUT2D eigenvalue weighted by atomic mass is 35.5. The van der Waals surface area contributed by atoms with Gasteiger partial charge in [0.1, 0.15) is 11.1 Å². The fourth-order valence-electron chi connectivity index (χ4n) is 2.14. The van der Waals surface area contributed by atoms with Crippen molar-refractivity contribution in [2.24, 2.45) is 0 Å². The molecule has 0 saturated carbocycles. The largest absolute Gasteiger partial charge is 0.438 e. The molecule has 0 radical (unpaired) electrons. The van der Waals surface area contributed by atoms with Crippen molar-refractivity contribution in [2.75, 3.05) is 0 Å². The van der Waals surface area contributed by atoms with Crippen molar-refractivity contribution in [3.63, 3.8) is 0 Å². The molecule has 0 unspecified atom stereocenters. The Labute approximate surface area is 128 Å². The maximum Gasteiger partial charge on any atom is 0.275 e. The third-order valence-corrected chi connectivity index (χ3v) is 3.47. The highest BCUT2D eigenvalue weighted by molar-refractivity contribution is 6.31. The van der Waals surface area contributed by atoms with E-state index in [9.17, 15) is 14.4 Å². The summed E-state index contributed by atoms with van der Waals surface area (Å²) in [6.45, 7) is 0. The number of carbonyl (C=O) groups excluding carboxylic acids is 3. The van der Waals surface area contributed by atoms with Gasteiger partial charge in [0.2, 0.25) is 17.4 Å². The first-order valence-electron chi connectivity index (χ1n) is 6.40. The average Bonchev–Trinajstić information content (AvgIpc) is 2.78. The van der Waals surface area contributed by atoms with Gasteiger partial charge >= 0.3 is 0 Å². The van der Waals surface area contributed by atoms with Gasteiger partial charge in [-0.05, 0) is 24.3 Å². The highest BCUT2D eigenvalue weighted by Crippen LogP contribution is 2.19. The number of carbonyl (C=O) groups is 3. The average molecular weight is 320 g/mol. The van der Waals surface area contributed by atoms with Gasteiger partial charge in [0.15, 0.2) is 0 Å². The molecular formula is C14H10ClN3O4. The van der Waals surface area contributed by atoms with Crippen LogP contribution >= 0.6 is 11.6 Å². The number of hydrazine groups is 1. The van der Waals surface area contributed by atoms with E-state index >= 15 is 0 Å². The molecule has 1 aromatic heterocycles. The number of benzene rings is 1. The molecule has 1 aliphatic heterocycles. The number of hydrogen-bond donors (Lipinski definition) is 2. The third-order valence-electron chi connectivity index (χ3n) is 3.24. The summed E-state index contributed by atoms with van der Waals surface area (Å²) in [4.78, 5) is 35.2. The van der Waals surface area contributed by atoms with Gasteiger partial charge in [0, 0.05) is 23.3 Å². The zero-order valence-electron chi connectivity index (χ0n) is 11.2. The van der Waals surface area contributed by atoms with Crippen LogP contribution in [-0.4, -0.2) is 22.7 Å². The van der Waals surface area contributed by atoms with Gasteiger partial charge < -0.3 is 4.42 Å². The molecular weight excluding hydrogens is 310 g/mol. The summed E-state index contributed by atoms with van der Waals surface area (Å²) in [6, 6.07) is 6.20. The lowest BCUT2D eigenvalue weighted by Crippen LogP contribution is -2.46. The summed E-state index contributed by atoms with van der Waals surface area (Å²) >= 11 is 5.88. The minimum absolute atomic E-state index is 0.0601. The Hall–Kier alpha value is -2.67. The second kappa shape index (κ2) is 5.27. The maximum atomic E-state index is 12.2. The van der Waals surface area contributed by atoms with Crippen molar-refractivity contribution in [1.82, 2.24) is 10.4 Å². The molecule has 1 aromatic carbocycles. The number of rotatable bonds is 2. The zero-order valence-corrected chi connectivity index (χ0v) is 11.9. The van der Waals surface area contributed by atoms with Gasteiger partial charge in [0.05, 0.1) is 0 Å². The van der Waals surface area contributed by atoms with E-state index in [0.717, 1.165) is 0 Å². The quantitative estimate of drug-likeness (QED) is 0.815. The maximum absolute atomic E-state index is 12.2. The van der Waals surface area contributed by atoms with Crippen molar-refractivity contribution in [3.05, 3.63) is 40.4 Å². The number of halogens is 1. The minimum Gasteiger partial charge on any atom is -0.438 e. The number of nitrogens with one attached hydrogen (secondary N) is 2. The normalized spacial score (nSPS) is 14.7. The predicted octanol–water partition coefficient (Wildman–Crippen LogP) is 1.36. The Bertz CT molecular complexity index is 858. The van der Waals surface area contributed by atoms with Crippen LogP contribution in [0.4, 0.5) is 0 Å². The number of imide groups is 1. The molecule has 0 bridgehead atoms. The van der Waals surface area contributed by atoms with Crippen molar-refractivity contribution in [3.8, 4) is 0 Å². The Morgan fingerprint density at radius 3 is 2.59 bits per heavy atom. The fourth-order valence-corrected chi connectivity index (χ4v) is 2.32. The van der Waals surface area contributed by atoms with E-state index in [0.29, 0.717) is 21.0 Å². The monoisotopic (exact) mass is 319 g/mol. The molecule has 3 amide bonds. The second-order valence-electron chi connectivity index (χ2n) is 4.74. The van der Waals surface area contributed by atoms with Crippen LogP contribution in [-0.2, 0) is 9.59 Å². The first kappa shape index (κ1) is 14.3. The summed E-state index contributed by atoms with van der Waals surface area (Å²) in [5.74, 6) is -1.73. The van der Waals surface area contributed by atoms with Crippen LogP contribution in [0.15, 0.2) is 28.7 Å². The first-order valence-corrected chi connectivity index (χ1v) is 6.78. The van der Waals surface area contributed by atoms with E-state index in [1.165, 1.54) is 6.07 Å². The summed E-state index contributed by atoms with van der Waals surface area (Å²) in [5.41, 5.74) is 2.14. The second-order valence-corrected chi connectivity index (χ2v) is 5.17. The topological polar surface area (TPSA) is 103 Å². The van der Waals surface area contributed by atoms with Crippen LogP contribution < -0.4 is 11.0 Å². The molecule has 8 heteroatoms. The summed E-state index contributed by atoms with van der Waals surface area (Å²) in [7, 11) is 0. The van der Waals surface area contributed by atoms with Crippen molar-refractivity contribution in [1.29, 1.82) is 5.41 Å². The summed E-state index contributed by atoms with van der Waals surface area (Å²) in [6.07, 6.45) is 0.120. The smallest absolute Gasteiger partial charge is 0.275 e. The molecule has 112 valence electrons. The number of nitrogens with zero attached hydrogens (tertiary/aromatic N) is 1. The van der Waals surface area contributed by atoms with Gasteiger partial charge in [-0.25, -0.2) is 0 Å². The standard InChI is InChI=1S/C14H10ClN3O4/c15-8-1-2-10-7(5-8)6-9(13(16)22-10)14(21)17-18-11(19)3-4-12(18)20/h1-2,5-6,16H,3-4H2,(H,17,21). The van der Waals surface area contributed by atoms with Gasteiger partial charge in [-0.3, -0.25) is 25.2 Å². The molecule has 1 aliphatic rings. The Kier molecular flexibility index (Phi) is 3.42. The molecule has 3 rings (SSSR count). The molecule has 7 nitrogen and oxygen atoms in total. The first-order chi connectivity index (χ1) is 10.5. The molecule has 0 aliphatic carbocycles. The lowest BCUT2D eigenvalue weighted by atomic mass is 10.2. The van der Waals surface area contributed by atoms with E-state index in [-0.39, 0.29) is 24.0 Å². The van der Waals surface area contributed by atoms with E-state index in [4.69, 9.17) is 21.4 Å². The van der Waals surface area contributed by atoms with E-state index in [1.54, 1.807) is 18.2 Å². The van der Waals surface area contributed by atoms with Crippen LogP contribution in [0.3, 0.4) is 0 Å². The van der Waals surface area contributed by atoms with Crippen molar-refractivity contribution >= 4 is 40.3 Å². The van der Waals surface area contributed by atoms with E-state index < -0.39 is 17.7 Å². The SMILES string of the molecule is N=c1oc2ccc(Cl)cc2cc1C(=O)NN1C(=O)CCC1=O. The molecule has 0 spiro atoms. The van der Waals surface area contributed by atoms with Gasteiger partial charge in [0.25, 0.3) is 5.91 Å². The Morgan fingerprint density at radius 1 is 1.23 bits per heavy atom. The molecule has 1 saturated heterocycles. The molecule has 22 heavy (non-hydrogen) atoms. The molecule has 2 aromatic rings. The minimum atomic E-state index is -0.765. The van der Waals surface area contributed by atoms with Crippen LogP contribution in [0, 0.1) is 5.41 Å². The van der Waals surface area contributed by atoms with Gasteiger partial charge in [-0.2, -0.15) is 5.01 Å². The third kappa shape index (κ3) is 2.46. The van der Waals surface area contributed by atoms with E-state index in [2.05, 4.69) is 5.43 Å². The van der Waals surface area contributed by atoms with Crippen LogP contribution in [0.5, 0.6) is 0 Å². The van der Waals surface area contributed by atoms with Gasteiger partial charge in [-0.15, -0.1) is 0 Å². The number of amides is 3. The lowest BCUT2D eigenvalue weighted by molar-refractivity contribution is -0.141.